The molecule has 1 aromatic heterocycles. The van der Waals surface area contributed by atoms with Gasteiger partial charge in [0.15, 0.2) is 0 Å². The van der Waals surface area contributed by atoms with Crippen molar-refractivity contribution in [2.75, 3.05) is 44.6 Å². The van der Waals surface area contributed by atoms with E-state index < -0.39 is 0 Å². The first-order chi connectivity index (χ1) is 17.2. The van der Waals surface area contributed by atoms with Crippen LogP contribution in [0, 0.1) is 0 Å². The normalized spacial score (nSPS) is 14.5. The quantitative estimate of drug-likeness (QED) is 0.428. The van der Waals surface area contributed by atoms with Crippen molar-refractivity contribution in [2.45, 2.75) is 25.8 Å². The topological polar surface area (TPSA) is 90.5 Å². The Bertz CT molecular complexity index is 1070. The van der Waals surface area contributed by atoms with E-state index in [1.54, 1.807) is 0 Å². The molecule has 1 aliphatic rings. The molecule has 0 saturated carbocycles. The van der Waals surface area contributed by atoms with E-state index in [9.17, 15) is 9.59 Å². The second-order valence-corrected chi connectivity index (χ2v) is 9.69. The van der Waals surface area contributed by atoms with Crippen LogP contribution in [-0.4, -0.2) is 71.1 Å². The molecule has 0 radical (unpaired) electrons. The minimum Gasteiger partial charge on any atom is -0.355 e. The Kier molecular flexibility index (Phi) is 9.33. The average Bonchev–Trinajstić information content (AvgIpc) is 3.36. The zero-order valence-electron chi connectivity index (χ0n) is 19.9. The smallest absolute Gasteiger partial charge is 0.286 e. The summed E-state index contributed by atoms with van der Waals surface area (Å²) in [5.41, 5.74) is 2.08. The average molecular weight is 493 g/mol. The Hall–Kier alpha value is -3.14. The fourth-order valence-electron chi connectivity index (χ4n) is 4.01. The van der Waals surface area contributed by atoms with Gasteiger partial charge in [-0.1, -0.05) is 59.9 Å². The summed E-state index contributed by atoms with van der Waals surface area (Å²) < 4.78 is 0. The molecule has 9 heteroatoms. The number of benzene rings is 2. The molecule has 1 aliphatic heterocycles. The van der Waals surface area contributed by atoms with E-state index in [4.69, 9.17) is 0 Å². The first-order valence-electron chi connectivity index (χ1n) is 12.1. The van der Waals surface area contributed by atoms with Crippen molar-refractivity contribution in [3.8, 4) is 0 Å². The van der Waals surface area contributed by atoms with Crippen molar-refractivity contribution in [1.29, 1.82) is 0 Å². The molecule has 3 aromatic rings. The van der Waals surface area contributed by atoms with E-state index in [2.05, 4.69) is 61.0 Å². The van der Waals surface area contributed by atoms with Crippen molar-refractivity contribution >= 4 is 28.8 Å². The highest BCUT2D eigenvalue weighted by atomic mass is 32.1. The number of piperazine rings is 1. The van der Waals surface area contributed by atoms with Gasteiger partial charge >= 0.3 is 0 Å². The van der Waals surface area contributed by atoms with E-state index in [0.29, 0.717) is 30.8 Å². The van der Waals surface area contributed by atoms with Crippen molar-refractivity contribution in [3.05, 3.63) is 76.2 Å². The molecule has 0 unspecified atom stereocenters. The third-order valence-electron chi connectivity index (χ3n) is 5.95. The highest BCUT2D eigenvalue weighted by Crippen LogP contribution is 2.15. The molecule has 2 aromatic carbocycles. The molecule has 0 aliphatic carbocycles. The van der Waals surface area contributed by atoms with Crippen molar-refractivity contribution < 1.29 is 9.59 Å². The number of aryl methyl sites for hydroxylation is 1. The van der Waals surface area contributed by atoms with Gasteiger partial charge in [-0.3, -0.25) is 19.4 Å². The molecule has 2 heterocycles. The van der Waals surface area contributed by atoms with Crippen LogP contribution in [0.2, 0.25) is 0 Å². The first-order valence-corrected chi connectivity index (χ1v) is 12.9. The number of amides is 2. The van der Waals surface area contributed by atoms with Gasteiger partial charge in [0, 0.05) is 64.3 Å². The summed E-state index contributed by atoms with van der Waals surface area (Å²) in [6.45, 7) is 6.70. The number of hydrogen-bond donors (Lipinski definition) is 2. The van der Waals surface area contributed by atoms with Gasteiger partial charge < -0.3 is 10.6 Å². The van der Waals surface area contributed by atoms with Gasteiger partial charge in [0.1, 0.15) is 5.01 Å². The Morgan fingerprint density at radius 2 is 1.57 bits per heavy atom. The van der Waals surface area contributed by atoms with Crippen molar-refractivity contribution in [1.82, 2.24) is 25.3 Å². The largest absolute Gasteiger partial charge is 0.355 e. The Morgan fingerprint density at radius 3 is 2.31 bits per heavy atom. The van der Waals surface area contributed by atoms with Gasteiger partial charge in [-0.05, 0) is 24.1 Å². The molecule has 1 saturated heterocycles. The van der Waals surface area contributed by atoms with Gasteiger partial charge in [0.2, 0.25) is 10.9 Å². The first kappa shape index (κ1) is 25.0. The zero-order valence-corrected chi connectivity index (χ0v) is 20.7. The molecular formula is C26H32N6O2S. The van der Waals surface area contributed by atoms with Crippen LogP contribution in [0.3, 0.4) is 0 Å². The highest BCUT2D eigenvalue weighted by Gasteiger charge is 2.17. The lowest BCUT2D eigenvalue weighted by Crippen LogP contribution is -2.48. The molecular weight excluding hydrogens is 460 g/mol. The summed E-state index contributed by atoms with van der Waals surface area (Å²) >= 11 is 1.27. The van der Waals surface area contributed by atoms with Gasteiger partial charge in [-0.2, -0.15) is 0 Å². The van der Waals surface area contributed by atoms with Gasteiger partial charge in [-0.25, -0.2) is 0 Å². The maximum Gasteiger partial charge on any atom is 0.286 e. The highest BCUT2D eigenvalue weighted by molar-refractivity contribution is 7.13. The monoisotopic (exact) mass is 492 g/mol. The van der Waals surface area contributed by atoms with Crippen LogP contribution < -0.4 is 10.6 Å². The summed E-state index contributed by atoms with van der Waals surface area (Å²) in [5, 5.41) is 15.0. The standard InChI is InChI=1S/C26H32N6O2S/c33-23(27-14-15-31-16-18-32(19-17-31)20-21-8-3-1-4-9-21)12-7-13-24-29-30-26(35-24)25(34)28-22-10-5-2-6-11-22/h1-6,8-11H,7,12-20H2,(H,27,33)(H,28,34). The van der Waals surface area contributed by atoms with E-state index in [1.807, 2.05) is 30.3 Å². The maximum atomic E-state index is 12.3. The molecule has 0 atom stereocenters. The lowest BCUT2D eigenvalue weighted by Gasteiger charge is -2.34. The Morgan fingerprint density at radius 1 is 0.886 bits per heavy atom. The number of nitrogens with one attached hydrogen (secondary N) is 2. The predicted octanol–water partition coefficient (Wildman–Crippen LogP) is 3.05. The van der Waals surface area contributed by atoms with Crippen LogP contribution in [0.25, 0.3) is 0 Å². The van der Waals surface area contributed by atoms with E-state index >= 15 is 0 Å². The molecule has 0 spiro atoms. The van der Waals surface area contributed by atoms with Crippen LogP contribution in [0.5, 0.6) is 0 Å². The SMILES string of the molecule is O=C(CCCc1nnc(C(=O)Nc2ccccc2)s1)NCCN1CCN(Cc2ccccc2)CC1. The number of aromatic nitrogens is 2. The van der Waals surface area contributed by atoms with Crippen LogP contribution >= 0.6 is 11.3 Å². The van der Waals surface area contributed by atoms with E-state index in [-0.39, 0.29) is 11.8 Å². The summed E-state index contributed by atoms with van der Waals surface area (Å²) in [6, 6.07) is 19.8. The summed E-state index contributed by atoms with van der Waals surface area (Å²) in [6.07, 6.45) is 1.75. The molecule has 35 heavy (non-hydrogen) atoms. The fraction of sp³-hybridized carbons (Fsp3) is 0.385. The second-order valence-electron chi connectivity index (χ2n) is 8.63. The predicted molar refractivity (Wildman–Crippen MR) is 138 cm³/mol. The van der Waals surface area contributed by atoms with Crippen LogP contribution in [0.15, 0.2) is 60.7 Å². The van der Waals surface area contributed by atoms with Gasteiger partial charge in [0.05, 0.1) is 0 Å². The van der Waals surface area contributed by atoms with Crippen LogP contribution in [-0.2, 0) is 17.8 Å². The molecule has 0 bridgehead atoms. The third kappa shape index (κ3) is 8.24. The number of hydrogen-bond acceptors (Lipinski definition) is 7. The molecule has 8 nitrogen and oxygen atoms in total. The molecule has 2 amide bonds. The number of rotatable bonds is 11. The Labute approximate surface area is 210 Å². The summed E-state index contributed by atoms with van der Waals surface area (Å²) in [4.78, 5) is 29.4. The summed E-state index contributed by atoms with van der Waals surface area (Å²) in [7, 11) is 0. The molecule has 184 valence electrons. The maximum absolute atomic E-state index is 12.3. The minimum absolute atomic E-state index is 0.0549. The second kappa shape index (κ2) is 13.1. The number of carbonyl (C=O) groups excluding carboxylic acids is 2. The molecule has 2 N–H and O–H groups in total. The van der Waals surface area contributed by atoms with Gasteiger partial charge in [0.25, 0.3) is 5.91 Å². The van der Waals surface area contributed by atoms with E-state index in [1.165, 1.54) is 16.9 Å². The minimum atomic E-state index is -0.265. The van der Waals surface area contributed by atoms with Crippen molar-refractivity contribution in [2.24, 2.45) is 0 Å². The lowest BCUT2D eigenvalue weighted by atomic mass is 10.2. The van der Waals surface area contributed by atoms with Crippen molar-refractivity contribution in [3.63, 3.8) is 0 Å². The molecule has 4 rings (SSSR count). The van der Waals surface area contributed by atoms with Gasteiger partial charge in [-0.15, -0.1) is 10.2 Å². The molecule has 1 fully saturated rings. The summed E-state index contributed by atoms with van der Waals surface area (Å²) in [5.74, 6) is -0.210. The number of carbonyl (C=O) groups is 2. The lowest BCUT2D eigenvalue weighted by molar-refractivity contribution is -0.121. The zero-order chi connectivity index (χ0) is 24.3. The third-order valence-corrected chi connectivity index (χ3v) is 6.93. The van der Waals surface area contributed by atoms with Crippen LogP contribution in [0.4, 0.5) is 5.69 Å². The van der Waals surface area contributed by atoms with E-state index in [0.717, 1.165) is 50.0 Å². The fourth-order valence-corrected chi connectivity index (χ4v) is 4.78. The Balaban J connectivity index is 1.07. The van der Waals surface area contributed by atoms with Crippen LogP contribution in [0.1, 0.15) is 33.2 Å². The number of nitrogens with zero attached hydrogens (tertiary/aromatic N) is 4. The number of para-hydroxylation sites is 1. The number of anilines is 1.